The van der Waals surface area contributed by atoms with Crippen LogP contribution in [0, 0.1) is 0 Å². The summed E-state index contributed by atoms with van der Waals surface area (Å²) < 4.78 is 26.4. The van der Waals surface area contributed by atoms with Crippen LogP contribution in [0.25, 0.3) is 10.4 Å². The highest BCUT2D eigenvalue weighted by Crippen LogP contribution is 2.09. The average molecular weight is 545 g/mol. The molecule has 0 spiro atoms. The van der Waals surface area contributed by atoms with Crippen LogP contribution >= 0.6 is 0 Å². The molecule has 1 atom stereocenters. The number of unbranched alkanes of at least 4 members (excludes halogenated alkanes) is 1. The van der Waals surface area contributed by atoms with Crippen molar-refractivity contribution >= 4 is 24.3 Å². The predicted octanol–water partition coefficient (Wildman–Crippen LogP) is 3.53. The smallest absolute Gasteiger partial charge is 0.433 e. The zero-order valence-corrected chi connectivity index (χ0v) is 23.5. The molecule has 0 bridgehead atoms. The van der Waals surface area contributed by atoms with Crippen molar-refractivity contribution in [3.05, 3.63) is 10.4 Å². The predicted molar refractivity (Wildman–Crippen MR) is 141 cm³/mol. The lowest BCUT2D eigenvalue weighted by atomic mass is 10.1. The van der Waals surface area contributed by atoms with Gasteiger partial charge in [-0.3, -0.25) is 4.79 Å². The van der Waals surface area contributed by atoms with Crippen LogP contribution in [0.3, 0.4) is 0 Å². The van der Waals surface area contributed by atoms with Crippen LogP contribution < -0.4 is 10.6 Å². The van der Waals surface area contributed by atoms with E-state index in [9.17, 15) is 14.4 Å². The molecule has 3 amide bonds. The van der Waals surface area contributed by atoms with Crippen molar-refractivity contribution in [2.75, 3.05) is 52.7 Å². The van der Waals surface area contributed by atoms with Crippen molar-refractivity contribution in [2.45, 2.75) is 78.0 Å². The van der Waals surface area contributed by atoms with Crippen LogP contribution in [-0.2, 0) is 28.5 Å². The number of azide groups is 1. The standard InChI is InChI=1S/C24H44N6O8/c1-23(2,3)37-21(32)27-10-8-7-9-19(29-22(33)38-24(4,5)6)20(31)26-11-13-34-15-17-36-18-16-35-14-12-28-30-25/h10,19H,7-9,11-18H2,1-6H3,(H,26,31)(H,29,33)/t19-/m0/s1. The summed E-state index contributed by atoms with van der Waals surface area (Å²) in [4.78, 5) is 42.9. The third-order valence-electron chi connectivity index (χ3n) is 4.11. The molecule has 0 radical (unpaired) electrons. The number of nitrogens with zero attached hydrogens (tertiary/aromatic N) is 4. The Balaban J connectivity index is 4.35. The van der Waals surface area contributed by atoms with Crippen molar-refractivity contribution < 1.29 is 38.1 Å². The van der Waals surface area contributed by atoms with Crippen molar-refractivity contribution in [2.24, 2.45) is 10.1 Å². The third-order valence-corrected chi connectivity index (χ3v) is 4.11. The van der Waals surface area contributed by atoms with Crippen molar-refractivity contribution in [1.82, 2.24) is 10.6 Å². The van der Waals surface area contributed by atoms with Crippen LogP contribution in [0.1, 0.15) is 60.8 Å². The molecular formula is C24H44N6O8. The maximum absolute atomic E-state index is 12.7. The first kappa shape index (κ1) is 35.1. The zero-order chi connectivity index (χ0) is 28.9. The van der Waals surface area contributed by atoms with Crippen molar-refractivity contribution in [3.8, 4) is 0 Å². The molecule has 0 aliphatic carbocycles. The maximum atomic E-state index is 12.7. The molecule has 14 nitrogen and oxygen atoms in total. The number of nitrogens with one attached hydrogen (secondary N) is 2. The summed E-state index contributed by atoms with van der Waals surface area (Å²) in [5.74, 6) is -0.377. The van der Waals surface area contributed by atoms with E-state index in [4.69, 9.17) is 29.2 Å². The molecule has 0 saturated heterocycles. The van der Waals surface area contributed by atoms with E-state index >= 15 is 0 Å². The molecule has 0 aromatic carbocycles. The fourth-order valence-corrected chi connectivity index (χ4v) is 2.62. The molecule has 0 saturated carbocycles. The summed E-state index contributed by atoms with van der Waals surface area (Å²) in [5.41, 5.74) is 6.81. The first-order chi connectivity index (χ1) is 17.8. The Morgan fingerprint density at radius 2 is 1.47 bits per heavy atom. The Labute approximate surface area is 224 Å². The number of aliphatic imine (C=N–C) groups is 1. The maximum Gasteiger partial charge on any atom is 0.433 e. The number of ether oxygens (including phenoxy) is 5. The van der Waals surface area contributed by atoms with Crippen LogP contribution in [0.4, 0.5) is 9.59 Å². The van der Waals surface area contributed by atoms with Gasteiger partial charge in [0.2, 0.25) is 5.91 Å². The Morgan fingerprint density at radius 1 is 0.895 bits per heavy atom. The second kappa shape index (κ2) is 20.1. The number of carbonyl (C=O) groups excluding carboxylic acids is 3. The van der Waals surface area contributed by atoms with Gasteiger partial charge in [-0.1, -0.05) is 5.11 Å². The van der Waals surface area contributed by atoms with Crippen LogP contribution in [0.2, 0.25) is 0 Å². The highest BCUT2D eigenvalue weighted by atomic mass is 16.6. The molecule has 0 aliphatic rings. The minimum atomic E-state index is -0.832. The molecule has 2 N–H and O–H groups in total. The van der Waals surface area contributed by atoms with Gasteiger partial charge in [0.25, 0.3) is 0 Å². The van der Waals surface area contributed by atoms with Gasteiger partial charge in [-0.25, -0.2) is 9.59 Å². The number of alkyl carbamates (subject to hydrolysis) is 1. The second-order valence-corrected chi connectivity index (χ2v) is 10.0. The van der Waals surface area contributed by atoms with Crippen LogP contribution in [-0.4, -0.2) is 94.3 Å². The zero-order valence-electron chi connectivity index (χ0n) is 23.5. The highest BCUT2D eigenvalue weighted by molar-refractivity contribution is 5.85. The molecule has 0 aliphatic heterocycles. The molecule has 0 aromatic heterocycles. The van der Waals surface area contributed by atoms with Gasteiger partial charge in [0, 0.05) is 24.2 Å². The molecule has 0 unspecified atom stereocenters. The topological polar surface area (TPSA) is 183 Å². The Hall–Kier alpha value is -2.93. The number of hydrogen-bond donors (Lipinski definition) is 2. The Morgan fingerprint density at radius 3 is 2.05 bits per heavy atom. The summed E-state index contributed by atoms with van der Waals surface area (Å²) in [7, 11) is 0. The second-order valence-electron chi connectivity index (χ2n) is 10.0. The monoisotopic (exact) mass is 544 g/mol. The van der Waals surface area contributed by atoms with Gasteiger partial charge in [0.15, 0.2) is 0 Å². The Kier molecular flexibility index (Phi) is 18.5. The van der Waals surface area contributed by atoms with E-state index in [1.807, 2.05) is 0 Å². The van der Waals surface area contributed by atoms with Gasteiger partial charge in [-0.15, -0.1) is 0 Å². The van der Waals surface area contributed by atoms with Crippen LogP contribution in [0.15, 0.2) is 10.1 Å². The summed E-state index contributed by atoms with van der Waals surface area (Å²) >= 11 is 0. The lowest BCUT2D eigenvalue weighted by Crippen LogP contribution is -2.48. The third kappa shape index (κ3) is 23.5. The molecular weight excluding hydrogens is 500 g/mol. The first-order valence-corrected chi connectivity index (χ1v) is 12.6. The summed E-state index contributed by atoms with van der Waals surface area (Å²) in [5, 5.41) is 8.68. The fourth-order valence-electron chi connectivity index (χ4n) is 2.62. The summed E-state index contributed by atoms with van der Waals surface area (Å²) in [6.45, 7) is 13.0. The average Bonchev–Trinajstić information content (AvgIpc) is 2.78. The fraction of sp³-hybridized carbons (Fsp3) is 0.833. The van der Waals surface area contributed by atoms with E-state index < -0.39 is 29.4 Å². The minimum absolute atomic E-state index is 0.244. The van der Waals surface area contributed by atoms with E-state index in [2.05, 4.69) is 25.7 Å². The molecule has 0 aromatic rings. The van der Waals surface area contributed by atoms with Crippen LogP contribution in [0.5, 0.6) is 0 Å². The van der Waals surface area contributed by atoms with Gasteiger partial charge in [0.1, 0.15) is 17.2 Å². The van der Waals surface area contributed by atoms with E-state index in [0.717, 1.165) is 0 Å². The van der Waals surface area contributed by atoms with E-state index in [-0.39, 0.29) is 25.6 Å². The van der Waals surface area contributed by atoms with Gasteiger partial charge in [0.05, 0.1) is 39.6 Å². The molecule has 0 fully saturated rings. The number of hydrogen-bond acceptors (Lipinski definition) is 9. The number of carbonyl (C=O) groups is 3. The quantitative estimate of drug-likeness (QED) is 0.0863. The largest absolute Gasteiger partial charge is 0.444 e. The first-order valence-electron chi connectivity index (χ1n) is 12.6. The van der Waals surface area contributed by atoms with Gasteiger partial charge >= 0.3 is 12.2 Å². The van der Waals surface area contributed by atoms with E-state index in [0.29, 0.717) is 52.3 Å². The van der Waals surface area contributed by atoms with Crippen molar-refractivity contribution in [3.63, 3.8) is 0 Å². The van der Waals surface area contributed by atoms with Crippen molar-refractivity contribution in [1.29, 1.82) is 0 Å². The molecule has 38 heavy (non-hydrogen) atoms. The van der Waals surface area contributed by atoms with Gasteiger partial charge in [-0.05, 0) is 66.3 Å². The molecule has 0 rings (SSSR count). The van der Waals surface area contributed by atoms with Gasteiger partial charge < -0.3 is 34.3 Å². The lowest BCUT2D eigenvalue weighted by Gasteiger charge is -2.23. The minimum Gasteiger partial charge on any atom is -0.444 e. The molecule has 14 heteroatoms. The Bertz CT molecular complexity index is 773. The van der Waals surface area contributed by atoms with E-state index in [1.165, 1.54) is 6.21 Å². The lowest BCUT2D eigenvalue weighted by molar-refractivity contribution is -0.123. The molecule has 218 valence electrons. The normalized spacial score (nSPS) is 12.5. The number of rotatable bonds is 18. The SMILES string of the molecule is CC(C)(C)OC(=O)N=CCCC[C@H](NC(=O)OC(C)(C)C)C(=O)NCCOCCOCCOCCN=[N+]=[N-]. The van der Waals surface area contributed by atoms with E-state index in [1.54, 1.807) is 41.5 Å². The summed E-state index contributed by atoms with van der Waals surface area (Å²) in [6.07, 6.45) is 1.27. The number of amides is 3. The highest BCUT2D eigenvalue weighted by Gasteiger charge is 2.24. The summed E-state index contributed by atoms with van der Waals surface area (Å²) in [6, 6.07) is -0.832. The molecule has 0 heterocycles. The van der Waals surface area contributed by atoms with Gasteiger partial charge in [-0.2, -0.15) is 4.99 Å².